The van der Waals surface area contributed by atoms with Crippen LogP contribution in [0.3, 0.4) is 0 Å². The summed E-state index contributed by atoms with van der Waals surface area (Å²) in [5.74, 6) is 2.65. The summed E-state index contributed by atoms with van der Waals surface area (Å²) in [6.07, 6.45) is 1.92. The number of nitrogens with one attached hydrogen (secondary N) is 2. The van der Waals surface area contributed by atoms with Crippen LogP contribution in [0.4, 0.5) is 0 Å². The number of hydrogen-bond acceptors (Lipinski definition) is 4. The van der Waals surface area contributed by atoms with E-state index in [0.29, 0.717) is 13.2 Å². The maximum absolute atomic E-state index is 5.15. The lowest BCUT2D eigenvalue weighted by Crippen LogP contribution is -2.47. The van der Waals surface area contributed by atoms with Gasteiger partial charge in [0.15, 0.2) is 11.8 Å². The van der Waals surface area contributed by atoms with E-state index in [1.165, 1.54) is 22.3 Å². The van der Waals surface area contributed by atoms with E-state index in [9.17, 15) is 0 Å². The molecule has 0 aliphatic carbocycles. The predicted molar refractivity (Wildman–Crippen MR) is 111 cm³/mol. The molecule has 3 rings (SSSR count). The van der Waals surface area contributed by atoms with Crippen LogP contribution in [0.5, 0.6) is 0 Å². The molecule has 2 heterocycles. The summed E-state index contributed by atoms with van der Waals surface area (Å²) >= 11 is 0. The Balaban J connectivity index is 1.68. The minimum atomic E-state index is 0.280. The van der Waals surface area contributed by atoms with Crippen LogP contribution in [0.25, 0.3) is 0 Å². The summed E-state index contributed by atoms with van der Waals surface area (Å²) in [7, 11) is 1.67. The van der Waals surface area contributed by atoms with Crippen molar-refractivity contribution >= 4 is 5.96 Å². The second-order valence-corrected chi connectivity index (χ2v) is 7.51. The van der Waals surface area contributed by atoms with Crippen molar-refractivity contribution in [3.05, 3.63) is 46.0 Å². The maximum Gasteiger partial charge on any atom is 0.191 e. The number of ether oxygens (including phenoxy) is 1. The fourth-order valence-electron chi connectivity index (χ4n) is 3.80. The number of aromatic nitrogens is 3. The topological polar surface area (TPSA) is 76.4 Å². The molecule has 0 spiro atoms. The highest BCUT2D eigenvalue weighted by Crippen LogP contribution is 2.17. The van der Waals surface area contributed by atoms with Gasteiger partial charge in [-0.05, 0) is 50.8 Å². The van der Waals surface area contributed by atoms with Crippen LogP contribution in [0.2, 0.25) is 0 Å². The van der Waals surface area contributed by atoms with Crippen LogP contribution in [-0.4, -0.2) is 40.4 Å². The average molecular weight is 385 g/mol. The molecular weight excluding hydrogens is 352 g/mol. The normalized spacial score (nSPS) is 16.8. The van der Waals surface area contributed by atoms with Crippen molar-refractivity contribution in [1.29, 1.82) is 0 Å². The zero-order chi connectivity index (χ0) is 20.1. The van der Waals surface area contributed by atoms with Crippen LogP contribution < -0.4 is 10.6 Å². The Kier molecular flexibility index (Phi) is 6.67. The van der Waals surface area contributed by atoms with Gasteiger partial charge in [-0.15, -0.1) is 0 Å². The summed E-state index contributed by atoms with van der Waals surface area (Å²) < 4.78 is 7.14. The van der Waals surface area contributed by atoms with Gasteiger partial charge in [-0.2, -0.15) is 5.10 Å². The molecule has 0 radical (unpaired) electrons. The van der Waals surface area contributed by atoms with Gasteiger partial charge in [0.2, 0.25) is 0 Å². The van der Waals surface area contributed by atoms with Gasteiger partial charge in [-0.1, -0.05) is 17.7 Å². The van der Waals surface area contributed by atoms with Gasteiger partial charge in [0.25, 0.3) is 0 Å². The number of nitrogens with zero attached hydrogens (tertiary/aromatic N) is 4. The van der Waals surface area contributed by atoms with Gasteiger partial charge in [0.05, 0.1) is 13.1 Å². The SMILES string of the molecule is CCNC(=NCc1c(C)cc(C)cc1C)NC1CCc2nc(COC)nn2C1. The van der Waals surface area contributed by atoms with Crippen LogP contribution in [-0.2, 0) is 30.9 Å². The minimum absolute atomic E-state index is 0.280. The van der Waals surface area contributed by atoms with Crippen molar-refractivity contribution in [3.8, 4) is 0 Å². The van der Waals surface area contributed by atoms with Gasteiger partial charge < -0.3 is 15.4 Å². The summed E-state index contributed by atoms with van der Waals surface area (Å²) in [5, 5.41) is 11.5. The van der Waals surface area contributed by atoms with Crippen LogP contribution >= 0.6 is 0 Å². The lowest BCUT2D eigenvalue weighted by Gasteiger charge is -2.25. The molecule has 1 atom stereocenters. The zero-order valence-electron chi connectivity index (χ0n) is 17.7. The fourth-order valence-corrected chi connectivity index (χ4v) is 3.80. The first-order valence-electron chi connectivity index (χ1n) is 10.0. The molecule has 1 aromatic heterocycles. The largest absolute Gasteiger partial charge is 0.377 e. The molecule has 7 nitrogen and oxygen atoms in total. The monoisotopic (exact) mass is 384 g/mol. The van der Waals surface area contributed by atoms with Crippen molar-refractivity contribution in [1.82, 2.24) is 25.4 Å². The minimum Gasteiger partial charge on any atom is -0.377 e. The Morgan fingerprint density at radius 1 is 1.29 bits per heavy atom. The number of aliphatic imine (C=N–C) groups is 1. The molecule has 0 saturated heterocycles. The van der Waals surface area contributed by atoms with E-state index in [1.54, 1.807) is 7.11 Å². The van der Waals surface area contributed by atoms with Gasteiger partial charge in [0.1, 0.15) is 12.4 Å². The highest BCUT2D eigenvalue weighted by Gasteiger charge is 2.22. The number of benzene rings is 1. The van der Waals surface area contributed by atoms with Gasteiger partial charge >= 0.3 is 0 Å². The van der Waals surface area contributed by atoms with Gasteiger partial charge in [-0.25, -0.2) is 14.7 Å². The highest BCUT2D eigenvalue weighted by atomic mass is 16.5. The van der Waals surface area contributed by atoms with E-state index >= 15 is 0 Å². The summed E-state index contributed by atoms with van der Waals surface area (Å²) in [6, 6.07) is 4.73. The smallest absolute Gasteiger partial charge is 0.191 e. The molecule has 0 saturated carbocycles. The third kappa shape index (κ3) is 4.90. The van der Waals surface area contributed by atoms with E-state index in [-0.39, 0.29) is 6.04 Å². The van der Waals surface area contributed by atoms with Crippen LogP contribution in [0, 0.1) is 20.8 Å². The van der Waals surface area contributed by atoms with Crippen molar-refractivity contribution in [2.24, 2.45) is 4.99 Å². The van der Waals surface area contributed by atoms with Crippen LogP contribution in [0.1, 0.15) is 47.2 Å². The molecule has 7 heteroatoms. The number of aryl methyl sites for hydroxylation is 4. The van der Waals surface area contributed by atoms with E-state index in [2.05, 4.69) is 60.5 Å². The number of fused-ring (bicyclic) bond motifs is 1. The number of hydrogen-bond donors (Lipinski definition) is 2. The van der Waals surface area contributed by atoms with Crippen molar-refractivity contribution < 1.29 is 4.74 Å². The van der Waals surface area contributed by atoms with Crippen molar-refractivity contribution in [2.75, 3.05) is 13.7 Å². The Bertz CT molecular complexity index is 818. The molecular formula is C21H32N6O. The Labute approximate surface area is 167 Å². The predicted octanol–water partition coefficient (Wildman–Crippen LogP) is 2.42. The molecule has 28 heavy (non-hydrogen) atoms. The molecule has 152 valence electrons. The summed E-state index contributed by atoms with van der Waals surface area (Å²) in [5.41, 5.74) is 5.20. The third-order valence-corrected chi connectivity index (χ3v) is 5.10. The highest BCUT2D eigenvalue weighted by molar-refractivity contribution is 5.80. The fraction of sp³-hybridized carbons (Fsp3) is 0.571. The quantitative estimate of drug-likeness (QED) is 0.591. The van der Waals surface area contributed by atoms with Crippen molar-refractivity contribution in [2.45, 2.75) is 66.3 Å². The molecule has 1 aliphatic rings. The zero-order valence-corrected chi connectivity index (χ0v) is 17.7. The first kappa shape index (κ1) is 20.3. The standard InChI is InChI=1S/C21H32N6O/c1-6-22-21(23-11-18-15(3)9-14(2)10-16(18)4)24-17-7-8-20-25-19(13-28-5)26-27(20)12-17/h9-10,17H,6-8,11-13H2,1-5H3,(H2,22,23,24). The van der Waals surface area contributed by atoms with Gasteiger partial charge in [-0.3, -0.25) is 0 Å². The first-order valence-corrected chi connectivity index (χ1v) is 10.0. The van der Waals surface area contributed by atoms with E-state index in [0.717, 1.165) is 43.5 Å². The summed E-state index contributed by atoms with van der Waals surface area (Å²) in [6.45, 7) is 11.3. The third-order valence-electron chi connectivity index (χ3n) is 5.10. The molecule has 0 fully saturated rings. The second kappa shape index (κ2) is 9.19. The molecule has 0 amide bonds. The average Bonchev–Trinajstić information content (AvgIpc) is 3.03. The van der Waals surface area contributed by atoms with E-state index < -0.39 is 0 Å². The summed E-state index contributed by atoms with van der Waals surface area (Å²) in [4.78, 5) is 9.40. The first-order chi connectivity index (χ1) is 13.5. The second-order valence-electron chi connectivity index (χ2n) is 7.51. The molecule has 1 aromatic carbocycles. The number of guanidine groups is 1. The maximum atomic E-state index is 5.15. The Morgan fingerprint density at radius 3 is 2.71 bits per heavy atom. The van der Waals surface area contributed by atoms with E-state index in [1.807, 2.05) is 4.68 Å². The molecule has 2 aromatic rings. The molecule has 1 unspecified atom stereocenters. The lowest BCUT2D eigenvalue weighted by atomic mass is 10.00. The lowest BCUT2D eigenvalue weighted by molar-refractivity contribution is 0.177. The molecule has 2 N–H and O–H groups in total. The van der Waals surface area contributed by atoms with Gasteiger partial charge in [0, 0.05) is 26.1 Å². The Morgan fingerprint density at radius 2 is 2.04 bits per heavy atom. The number of methoxy groups -OCH3 is 1. The van der Waals surface area contributed by atoms with E-state index in [4.69, 9.17) is 9.73 Å². The molecule has 1 aliphatic heterocycles. The molecule has 0 bridgehead atoms. The van der Waals surface area contributed by atoms with Crippen molar-refractivity contribution in [3.63, 3.8) is 0 Å². The Hall–Kier alpha value is -2.41. The number of rotatable bonds is 6. The van der Waals surface area contributed by atoms with Crippen LogP contribution in [0.15, 0.2) is 17.1 Å².